The molecule has 6 rings (SSSR count). The van der Waals surface area contributed by atoms with E-state index in [1.54, 1.807) is 6.92 Å². The number of hydrazone groups is 1. The van der Waals surface area contributed by atoms with Gasteiger partial charge >= 0.3 is 0 Å². The number of ketones is 1. The van der Waals surface area contributed by atoms with E-state index in [9.17, 15) is 14.7 Å². The van der Waals surface area contributed by atoms with Crippen LogP contribution in [-0.4, -0.2) is 35.6 Å². The van der Waals surface area contributed by atoms with E-state index in [1.807, 2.05) is 12.1 Å². The summed E-state index contributed by atoms with van der Waals surface area (Å²) >= 11 is 18.7. The Balaban J connectivity index is 1.24. The summed E-state index contributed by atoms with van der Waals surface area (Å²) in [5, 5.41) is 17.0. The van der Waals surface area contributed by atoms with Gasteiger partial charge in [-0.3, -0.25) is 9.59 Å². The lowest BCUT2D eigenvalue weighted by molar-refractivity contribution is -0.115. The van der Waals surface area contributed by atoms with Gasteiger partial charge in [-0.2, -0.15) is 10.1 Å². The summed E-state index contributed by atoms with van der Waals surface area (Å²) < 4.78 is 0. The van der Waals surface area contributed by atoms with Crippen LogP contribution in [0.3, 0.4) is 0 Å². The molecule has 6 nitrogen and oxygen atoms in total. The van der Waals surface area contributed by atoms with Crippen LogP contribution in [0, 0.1) is 11.8 Å². The Hall–Kier alpha value is -2.80. The maximum Gasteiger partial charge on any atom is 0.281 e. The van der Waals surface area contributed by atoms with Crippen LogP contribution < -0.4 is 9.91 Å². The number of hydrogen-bond acceptors (Lipinski definition) is 5. The average Bonchev–Trinajstić information content (AvgIpc) is 3.72. The van der Waals surface area contributed by atoms with E-state index in [4.69, 9.17) is 34.8 Å². The fraction of sp³-hybridized carbons (Fsp3) is 0.424. The van der Waals surface area contributed by atoms with Crippen molar-refractivity contribution in [3.05, 3.63) is 73.9 Å². The number of anilines is 2. The zero-order valence-electron chi connectivity index (χ0n) is 23.6. The van der Waals surface area contributed by atoms with Gasteiger partial charge in [0.1, 0.15) is 11.4 Å². The lowest BCUT2D eigenvalue weighted by Gasteiger charge is -2.29. The highest BCUT2D eigenvalue weighted by atomic mass is 35.5. The number of amides is 1. The van der Waals surface area contributed by atoms with Crippen molar-refractivity contribution in [2.45, 2.75) is 64.7 Å². The van der Waals surface area contributed by atoms with Crippen LogP contribution in [-0.2, 0) is 9.59 Å². The second-order valence-corrected chi connectivity index (χ2v) is 13.2. The van der Waals surface area contributed by atoms with Crippen molar-refractivity contribution in [1.29, 1.82) is 0 Å². The summed E-state index contributed by atoms with van der Waals surface area (Å²) in [6.07, 6.45) is 11.8. The zero-order chi connectivity index (χ0) is 29.5. The molecule has 1 aliphatic heterocycles. The summed E-state index contributed by atoms with van der Waals surface area (Å²) in [6, 6.07) is 10.8. The normalized spacial score (nSPS) is 21.5. The Morgan fingerprint density at radius 2 is 1.48 bits per heavy atom. The number of benzene rings is 2. The van der Waals surface area contributed by atoms with Gasteiger partial charge in [0.2, 0.25) is 5.78 Å². The summed E-state index contributed by atoms with van der Waals surface area (Å²) in [5.74, 6) is 0.368. The van der Waals surface area contributed by atoms with Gasteiger partial charge < -0.3 is 10.0 Å². The monoisotopic (exact) mass is 625 g/mol. The number of allylic oxidation sites excluding steroid dienone is 2. The van der Waals surface area contributed by atoms with Crippen molar-refractivity contribution in [2.75, 3.05) is 23.0 Å². The van der Waals surface area contributed by atoms with E-state index < -0.39 is 11.7 Å². The van der Waals surface area contributed by atoms with Gasteiger partial charge in [0.05, 0.1) is 32.5 Å². The highest BCUT2D eigenvalue weighted by molar-refractivity contribution is 6.47. The first-order valence-electron chi connectivity index (χ1n) is 14.9. The Morgan fingerprint density at radius 1 is 0.881 bits per heavy atom. The van der Waals surface area contributed by atoms with Crippen molar-refractivity contribution in [3.8, 4) is 0 Å². The first-order valence-corrected chi connectivity index (χ1v) is 16.0. The highest BCUT2D eigenvalue weighted by Gasteiger charge is 2.43. The van der Waals surface area contributed by atoms with Gasteiger partial charge in [0.15, 0.2) is 0 Å². The van der Waals surface area contributed by atoms with Gasteiger partial charge in [0.25, 0.3) is 5.91 Å². The summed E-state index contributed by atoms with van der Waals surface area (Å²) in [7, 11) is 0. The smallest absolute Gasteiger partial charge is 0.281 e. The number of nitrogens with zero attached hydrogens (tertiary/aromatic N) is 3. The van der Waals surface area contributed by atoms with Crippen LogP contribution in [0.1, 0.15) is 70.3 Å². The quantitative estimate of drug-likeness (QED) is 0.297. The number of carbonyl (C=O) groups is 2. The Morgan fingerprint density at radius 3 is 2.07 bits per heavy atom. The third-order valence-corrected chi connectivity index (χ3v) is 9.94. The van der Waals surface area contributed by atoms with Crippen LogP contribution in [0.5, 0.6) is 0 Å². The molecular formula is C33H34Cl3N3O3. The third-order valence-electron chi connectivity index (χ3n) is 9.15. The van der Waals surface area contributed by atoms with Crippen LogP contribution in [0.15, 0.2) is 58.4 Å². The van der Waals surface area contributed by atoms with Crippen LogP contribution in [0.25, 0.3) is 5.57 Å². The van der Waals surface area contributed by atoms with Gasteiger partial charge in [-0.05, 0) is 67.9 Å². The number of aliphatic hydroxyl groups is 1. The lowest BCUT2D eigenvalue weighted by atomic mass is 9.80. The van der Waals surface area contributed by atoms with Gasteiger partial charge in [-0.25, -0.2) is 0 Å². The minimum atomic E-state index is -0.590. The molecule has 0 aromatic heterocycles. The molecule has 0 bridgehead atoms. The number of halogens is 3. The van der Waals surface area contributed by atoms with Crippen molar-refractivity contribution in [3.63, 3.8) is 0 Å². The van der Waals surface area contributed by atoms with E-state index >= 15 is 0 Å². The van der Waals surface area contributed by atoms with Crippen LogP contribution in [0.2, 0.25) is 15.1 Å². The van der Waals surface area contributed by atoms with Crippen LogP contribution >= 0.6 is 34.8 Å². The molecular weight excluding hydrogens is 593 g/mol. The van der Waals surface area contributed by atoms with Crippen molar-refractivity contribution in [1.82, 2.24) is 0 Å². The molecule has 9 heteroatoms. The second-order valence-electron chi connectivity index (χ2n) is 11.9. The fourth-order valence-corrected chi connectivity index (χ4v) is 7.87. The van der Waals surface area contributed by atoms with E-state index in [-0.39, 0.29) is 43.9 Å². The Bertz CT molecular complexity index is 1490. The molecule has 220 valence electrons. The SMILES string of the molecule is CC1=NN(c2c(Cl)cc(Cl)cc2Cl)C(=O)C1=C1C(=O)C(c2ccc(N(CCC3CCCC3)CC3CCCC3)cc2)=C1O. The fourth-order valence-electron chi connectivity index (χ4n) is 6.89. The molecule has 0 unspecified atom stereocenters. The molecule has 0 radical (unpaired) electrons. The lowest BCUT2D eigenvalue weighted by Crippen LogP contribution is -2.31. The molecule has 1 heterocycles. The first-order chi connectivity index (χ1) is 20.2. The van der Waals surface area contributed by atoms with Gasteiger partial charge in [-0.1, -0.05) is 85.5 Å². The first kappa shape index (κ1) is 29.3. The molecule has 3 aliphatic carbocycles. The second kappa shape index (κ2) is 12.1. The maximum atomic E-state index is 13.4. The highest BCUT2D eigenvalue weighted by Crippen LogP contribution is 2.43. The molecule has 2 aromatic carbocycles. The molecule has 0 spiro atoms. The van der Waals surface area contributed by atoms with E-state index in [2.05, 4.69) is 22.1 Å². The zero-order valence-corrected chi connectivity index (χ0v) is 25.9. The van der Waals surface area contributed by atoms with Gasteiger partial charge in [-0.15, -0.1) is 0 Å². The average molecular weight is 627 g/mol. The number of carbonyl (C=O) groups excluding carboxylic acids is 2. The Kier molecular flexibility index (Phi) is 8.41. The predicted molar refractivity (Wildman–Crippen MR) is 171 cm³/mol. The van der Waals surface area contributed by atoms with Crippen LogP contribution in [0.4, 0.5) is 11.4 Å². The van der Waals surface area contributed by atoms with Gasteiger partial charge in [0, 0.05) is 23.8 Å². The molecule has 1 N–H and O–H groups in total. The third kappa shape index (κ3) is 5.49. The predicted octanol–water partition coefficient (Wildman–Crippen LogP) is 8.79. The molecule has 1 amide bonds. The Labute approximate surface area is 261 Å². The van der Waals surface area contributed by atoms with Crippen molar-refractivity contribution in [2.24, 2.45) is 16.9 Å². The van der Waals surface area contributed by atoms with Crippen molar-refractivity contribution < 1.29 is 14.7 Å². The minimum Gasteiger partial charge on any atom is -0.506 e. The molecule has 4 aliphatic rings. The molecule has 42 heavy (non-hydrogen) atoms. The molecule has 2 saturated carbocycles. The molecule has 2 aromatic rings. The molecule has 0 saturated heterocycles. The van der Waals surface area contributed by atoms with Crippen molar-refractivity contribution >= 4 is 69.2 Å². The van der Waals surface area contributed by atoms with E-state index in [1.165, 1.54) is 69.9 Å². The van der Waals surface area contributed by atoms with E-state index in [0.29, 0.717) is 10.6 Å². The largest absolute Gasteiger partial charge is 0.506 e. The summed E-state index contributed by atoms with van der Waals surface area (Å²) in [4.78, 5) is 29.3. The number of Topliss-reactive ketones (excluding diaryl/α,β-unsaturated/α-hetero) is 1. The molecule has 0 atom stereocenters. The standard InChI is InChI=1S/C33H34Cl3N3O3/c1-19-27(33(42)39(37-19)30-25(35)16-23(34)17-26(30)36)29-31(40)28(32(29)41)22-10-12-24(13-11-22)38(18-21-8-4-5-9-21)15-14-20-6-2-3-7-20/h10-13,16-17,20-21,40H,2-9,14-15,18H2,1H3. The summed E-state index contributed by atoms with van der Waals surface area (Å²) in [6.45, 7) is 3.71. The number of aliphatic hydroxyl groups excluding tert-OH is 1. The number of hydrogen-bond donors (Lipinski definition) is 1. The minimum absolute atomic E-state index is 0.0367. The van der Waals surface area contributed by atoms with E-state index in [0.717, 1.165) is 35.6 Å². The maximum absolute atomic E-state index is 13.4. The molecule has 2 fully saturated rings. The topological polar surface area (TPSA) is 73.2 Å². The number of rotatable bonds is 8. The summed E-state index contributed by atoms with van der Waals surface area (Å²) in [5.41, 5.74) is 2.44.